The first-order chi connectivity index (χ1) is 14.1. The van der Waals surface area contributed by atoms with Crippen molar-refractivity contribution < 1.29 is 19.1 Å². The SMILES string of the molecule is CC1CN(C(=O)COC(=O)c2nc(-c3cccs3)n(-c3ccccc3)n2)CCO1. The topological polar surface area (TPSA) is 86.6 Å². The first-order valence-electron chi connectivity index (χ1n) is 9.24. The minimum absolute atomic E-state index is 0.0278. The monoisotopic (exact) mass is 412 g/mol. The summed E-state index contributed by atoms with van der Waals surface area (Å²) in [5.74, 6) is -0.520. The largest absolute Gasteiger partial charge is 0.450 e. The number of hydrogen-bond acceptors (Lipinski definition) is 7. The molecule has 1 unspecified atom stereocenters. The van der Waals surface area contributed by atoms with Crippen molar-refractivity contribution in [2.24, 2.45) is 0 Å². The van der Waals surface area contributed by atoms with Crippen LogP contribution in [0.5, 0.6) is 0 Å². The quantitative estimate of drug-likeness (QED) is 0.598. The molecule has 0 radical (unpaired) electrons. The Bertz CT molecular complexity index is 987. The van der Waals surface area contributed by atoms with Crippen molar-refractivity contribution in [2.45, 2.75) is 13.0 Å². The van der Waals surface area contributed by atoms with Gasteiger partial charge in [0.2, 0.25) is 0 Å². The van der Waals surface area contributed by atoms with Crippen LogP contribution in [0.2, 0.25) is 0 Å². The number of carbonyl (C=O) groups excluding carboxylic acids is 2. The maximum absolute atomic E-state index is 12.5. The van der Waals surface area contributed by atoms with Gasteiger partial charge < -0.3 is 14.4 Å². The molecule has 1 saturated heterocycles. The fraction of sp³-hybridized carbons (Fsp3) is 0.300. The molecule has 1 atom stereocenters. The maximum atomic E-state index is 12.5. The highest BCUT2D eigenvalue weighted by molar-refractivity contribution is 7.13. The number of para-hydroxylation sites is 1. The van der Waals surface area contributed by atoms with E-state index in [1.807, 2.05) is 54.8 Å². The lowest BCUT2D eigenvalue weighted by atomic mass is 10.3. The standard InChI is InChI=1S/C20H20N4O4S/c1-14-12-23(9-10-27-14)17(25)13-28-20(26)18-21-19(16-8-5-11-29-16)24(22-18)15-6-3-2-4-7-15/h2-8,11,14H,9-10,12-13H2,1H3. The Labute approximate surface area is 171 Å². The van der Waals surface area contributed by atoms with Gasteiger partial charge in [-0.15, -0.1) is 16.4 Å². The first kappa shape index (κ1) is 19.3. The zero-order valence-electron chi connectivity index (χ0n) is 15.9. The number of ether oxygens (including phenoxy) is 2. The van der Waals surface area contributed by atoms with E-state index >= 15 is 0 Å². The zero-order chi connectivity index (χ0) is 20.2. The lowest BCUT2D eigenvalue weighted by Gasteiger charge is -2.30. The number of esters is 1. The molecule has 0 saturated carbocycles. The lowest BCUT2D eigenvalue weighted by molar-refractivity contribution is -0.141. The highest BCUT2D eigenvalue weighted by atomic mass is 32.1. The smallest absolute Gasteiger partial charge is 0.378 e. The second kappa shape index (κ2) is 8.54. The minimum atomic E-state index is -0.729. The Morgan fingerprint density at radius 1 is 1.24 bits per heavy atom. The summed E-state index contributed by atoms with van der Waals surface area (Å²) in [5.41, 5.74) is 0.779. The number of thiophene rings is 1. The van der Waals surface area contributed by atoms with Crippen LogP contribution >= 0.6 is 11.3 Å². The molecular formula is C20H20N4O4S. The van der Waals surface area contributed by atoms with Crippen LogP contribution in [-0.2, 0) is 14.3 Å². The second-order valence-electron chi connectivity index (χ2n) is 6.58. The number of nitrogens with zero attached hydrogens (tertiary/aromatic N) is 4. The van der Waals surface area contributed by atoms with E-state index in [0.29, 0.717) is 25.5 Å². The average Bonchev–Trinajstić information content (AvgIpc) is 3.42. The molecule has 8 nitrogen and oxygen atoms in total. The summed E-state index contributed by atoms with van der Waals surface area (Å²) in [6.07, 6.45) is -0.0278. The van der Waals surface area contributed by atoms with E-state index in [-0.39, 0.29) is 24.4 Å². The van der Waals surface area contributed by atoms with Crippen LogP contribution in [0.3, 0.4) is 0 Å². The van der Waals surface area contributed by atoms with Crippen molar-refractivity contribution in [1.29, 1.82) is 0 Å². The highest BCUT2D eigenvalue weighted by Gasteiger charge is 2.25. The predicted molar refractivity (Wildman–Crippen MR) is 107 cm³/mol. The third kappa shape index (κ3) is 4.36. The van der Waals surface area contributed by atoms with Gasteiger partial charge in [0, 0.05) is 13.1 Å². The van der Waals surface area contributed by atoms with Gasteiger partial charge in [-0.2, -0.15) is 4.98 Å². The summed E-state index contributed by atoms with van der Waals surface area (Å²) in [4.78, 5) is 31.7. The molecule has 3 heterocycles. The van der Waals surface area contributed by atoms with Crippen LogP contribution < -0.4 is 0 Å². The van der Waals surface area contributed by atoms with Gasteiger partial charge in [0.05, 0.1) is 23.3 Å². The van der Waals surface area contributed by atoms with Crippen LogP contribution in [0.1, 0.15) is 17.5 Å². The number of hydrogen-bond donors (Lipinski definition) is 0. The highest BCUT2D eigenvalue weighted by Crippen LogP contribution is 2.25. The van der Waals surface area contributed by atoms with Crippen molar-refractivity contribution >= 4 is 23.2 Å². The van der Waals surface area contributed by atoms with Crippen molar-refractivity contribution in [2.75, 3.05) is 26.3 Å². The number of aromatic nitrogens is 3. The third-order valence-corrected chi connectivity index (χ3v) is 5.32. The van der Waals surface area contributed by atoms with Gasteiger partial charge in [0.25, 0.3) is 11.7 Å². The lowest BCUT2D eigenvalue weighted by Crippen LogP contribution is -2.46. The summed E-state index contributed by atoms with van der Waals surface area (Å²) in [5, 5.41) is 6.26. The summed E-state index contributed by atoms with van der Waals surface area (Å²) >= 11 is 1.50. The number of rotatable bonds is 5. The van der Waals surface area contributed by atoms with Crippen LogP contribution in [0.25, 0.3) is 16.4 Å². The van der Waals surface area contributed by atoms with Gasteiger partial charge in [-0.05, 0) is 30.5 Å². The van der Waals surface area contributed by atoms with Gasteiger partial charge in [0.15, 0.2) is 12.4 Å². The van der Waals surface area contributed by atoms with Crippen molar-refractivity contribution in [3.05, 3.63) is 53.7 Å². The molecule has 9 heteroatoms. The van der Waals surface area contributed by atoms with E-state index < -0.39 is 5.97 Å². The van der Waals surface area contributed by atoms with Crippen LogP contribution in [0.15, 0.2) is 47.8 Å². The molecule has 3 aromatic rings. The van der Waals surface area contributed by atoms with Crippen LogP contribution in [0.4, 0.5) is 0 Å². The minimum Gasteiger partial charge on any atom is -0.450 e. The van der Waals surface area contributed by atoms with Gasteiger partial charge >= 0.3 is 5.97 Å². The molecule has 0 N–H and O–H groups in total. The normalized spacial score (nSPS) is 16.6. The summed E-state index contributed by atoms with van der Waals surface area (Å²) in [6.45, 7) is 3.01. The van der Waals surface area contributed by atoms with E-state index in [0.717, 1.165) is 10.6 Å². The van der Waals surface area contributed by atoms with Crippen molar-refractivity contribution in [3.8, 4) is 16.4 Å². The Balaban J connectivity index is 1.51. The first-order valence-corrected chi connectivity index (χ1v) is 10.1. The molecule has 0 bridgehead atoms. The van der Waals surface area contributed by atoms with Crippen LogP contribution in [-0.4, -0.2) is 63.9 Å². The fourth-order valence-corrected chi connectivity index (χ4v) is 3.74. The molecule has 1 fully saturated rings. The molecule has 1 aliphatic heterocycles. The van der Waals surface area contributed by atoms with E-state index in [9.17, 15) is 9.59 Å². The van der Waals surface area contributed by atoms with Crippen molar-refractivity contribution in [1.82, 2.24) is 19.7 Å². The van der Waals surface area contributed by atoms with Gasteiger partial charge in [0.1, 0.15) is 0 Å². The molecule has 0 spiro atoms. The van der Waals surface area contributed by atoms with E-state index in [1.165, 1.54) is 11.3 Å². The summed E-state index contributed by atoms with van der Waals surface area (Å²) in [7, 11) is 0. The molecule has 29 heavy (non-hydrogen) atoms. The average molecular weight is 412 g/mol. The van der Waals surface area contributed by atoms with Gasteiger partial charge in [-0.1, -0.05) is 24.3 Å². The zero-order valence-corrected chi connectivity index (χ0v) is 16.7. The van der Waals surface area contributed by atoms with Gasteiger partial charge in [-0.25, -0.2) is 9.48 Å². The molecule has 2 aromatic heterocycles. The van der Waals surface area contributed by atoms with Gasteiger partial charge in [-0.3, -0.25) is 4.79 Å². The summed E-state index contributed by atoms with van der Waals surface area (Å²) < 4.78 is 12.2. The number of amides is 1. The Morgan fingerprint density at radius 2 is 2.07 bits per heavy atom. The molecular weight excluding hydrogens is 392 g/mol. The molecule has 4 rings (SSSR count). The van der Waals surface area contributed by atoms with E-state index in [2.05, 4.69) is 10.1 Å². The summed E-state index contributed by atoms with van der Waals surface area (Å²) in [6, 6.07) is 13.2. The Kier molecular flexibility index (Phi) is 5.68. The molecule has 0 aliphatic carbocycles. The van der Waals surface area contributed by atoms with Crippen LogP contribution in [0, 0.1) is 0 Å². The molecule has 150 valence electrons. The van der Waals surface area contributed by atoms with Crippen molar-refractivity contribution in [3.63, 3.8) is 0 Å². The maximum Gasteiger partial charge on any atom is 0.378 e. The predicted octanol–water partition coefficient (Wildman–Crippen LogP) is 2.40. The number of benzene rings is 1. The Morgan fingerprint density at radius 3 is 2.79 bits per heavy atom. The molecule has 1 amide bonds. The molecule has 1 aromatic carbocycles. The van der Waals surface area contributed by atoms with E-state index in [1.54, 1.807) is 9.58 Å². The molecule has 1 aliphatic rings. The number of carbonyl (C=O) groups is 2. The Hall–Kier alpha value is -3.04. The number of morpholine rings is 1. The fourth-order valence-electron chi connectivity index (χ4n) is 3.04. The third-order valence-electron chi connectivity index (χ3n) is 4.45. The second-order valence-corrected chi connectivity index (χ2v) is 7.53. The van der Waals surface area contributed by atoms with E-state index in [4.69, 9.17) is 9.47 Å².